The number of nitriles is 1. The molecule has 0 atom stereocenters. The summed E-state index contributed by atoms with van der Waals surface area (Å²) in [6, 6.07) is 20.4. The molecule has 8 nitrogen and oxygen atoms in total. The number of benzene rings is 2. The van der Waals surface area contributed by atoms with E-state index in [0.717, 1.165) is 28.8 Å². The molecule has 3 aromatic rings. The molecule has 2 aromatic carbocycles. The van der Waals surface area contributed by atoms with Gasteiger partial charge in [-0.3, -0.25) is 18.7 Å². The van der Waals surface area contributed by atoms with E-state index in [-0.39, 0.29) is 12.5 Å². The Morgan fingerprint density at radius 1 is 0.909 bits per heavy atom. The first-order valence-corrected chi connectivity index (χ1v) is 10.9. The van der Waals surface area contributed by atoms with Crippen LogP contribution in [0.3, 0.4) is 0 Å². The van der Waals surface area contributed by atoms with Crippen molar-refractivity contribution in [2.24, 2.45) is 0 Å². The van der Waals surface area contributed by atoms with Crippen LogP contribution in [0.2, 0.25) is 0 Å². The first kappa shape index (κ1) is 22.1. The molecule has 0 radical (unpaired) electrons. The Balaban J connectivity index is 1.47. The predicted molar refractivity (Wildman–Crippen MR) is 125 cm³/mol. The fraction of sp³-hybridized carbons (Fsp3) is 0.280. The molecule has 1 aliphatic heterocycles. The molecule has 1 fully saturated rings. The van der Waals surface area contributed by atoms with Crippen molar-refractivity contribution in [1.82, 2.24) is 14.0 Å². The normalized spacial score (nSPS) is 13.9. The van der Waals surface area contributed by atoms with E-state index < -0.39 is 11.2 Å². The van der Waals surface area contributed by atoms with Crippen LogP contribution in [0.25, 0.3) is 0 Å². The largest absolute Gasteiger partial charge is 0.369 e. The lowest BCUT2D eigenvalue weighted by Crippen LogP contribution is -2.45. The number of rotatable bonds is 5. The summed E-state index contributed by atoms with van der Waals surface area (Å²) in [5.41, 5.74) is 1.40. The molecule has 0 saturated carbocycles. The number of hydrogen-bond donors (Lipinski definition) is 0. The molecular weight excluding hydrogens is 418 g/mol. The van der Waals surface area contributed by atoms with Crippen molar-refractivity contribution in [3.05, 3.63) is 98.8 Å². The summed E-state index contributed by atoms with van der Waals surface area (Å²) in [6.45, 7) is 2.32. The van der Waals surface area contributed by atoms with Crippen LogP contribution in [-0.4, -0.2) is 46.1 Å². The first-order chi connectivity index (χ1) is 16.1. The van der Waals surface area contributed by atoms with Crippen LogP contribution >= 0.6 is 0 Å². The lowest BCUT2D eigenvalue weighted by atomic mass is 10.1. The van der Waals surface area contributed by atoms with Gasteiger partial charge in [-0.2, -0.15) is 5.26 Å². The second-order valence-electron chi connectivity index (χ2n) is 7.99. The fourth-order valence-electron chi connectivity index (χ4n) is 4.09. The van der Waals surface area contributed by atoms with Crippen molar-refractivity contribution in [1.29, 1.82) is 5.26 Å². The van der Waals surface area contributed by atoms with Crippen molar-refractivity contribution in [2.75, 3.05) is 31.1 Å². The van der Waals surface area contributed by atoms with Gasteiger partial charge in [0.2, 0.25) is 5.91 Å². The van der Waals surface area contributed by atoms with Gasteiger partial charge in [-0.05, 0) is 24.1 Å². The van der Waals surface area contributed by atoms with E-state index in [9.17, 15) is 19.6 Å². The summed E-state index contributed by atoms with van der Waals surface area (Å²) in [6.07, 6.45) is 2.20. The smallest absolute Gasteiger partial charge is 0.331 e. The van der Waals surface area contributed by atoms with Gasteiger partial charge in [0.25, 0.3) is 5.56 Å². The van der Waals surface area contributed by atoms with E-state index in [0.29, 0.717) is 31.7 Å². The Labute approximate surface area is 191 Å². The van der Waals surface area contributed by atoms with Gasteiger partial charge in [0.05, 0.1) is 17.8 Å². The van der Waals surface area contributed by atoms with Gasteiger partial charge in [-0.1, -0.05) is 42.5 Å². The van der Waals surface area contributed by atoms with Gasteiger partial charge < -0.3 is 9.80 Å². The highest BCUT2D eigenvalue weighted by Gasteiger charge is 2.22. The fourth-order valence-corrected chi connectivity index (χ4v) is 4.09. The van der Waals surface area contributed by atoms with Crippen LogP contribution in [0.1, 0.15) is 17.5 Å². The molecule has 1 amide bonds. The van der Waals surface area contributed by atoms with Crippen molar-refractivity contribution < 1.29 is 4.79 Å². The number of para-hydroxylation sites is 1. The number of amides is 1. The standard InChI is InChI=1S/C25H25N5O3/c26-17-21-9-4-5-10-22(21)27-12-6-13-28(16-15-27)24(32)19-30-23(31)11-14-29(25(30)33)18-20-7-2-1-3-8-20/h1-5,7-11,14H,6,12-13,15-16,18-19H2. The maximum atomic E-state index is 13.0. The van der Waals surface area contributed by atoms with Crippen molar-refractivity contribution in [3.8, 4) is 6.07 Å². The minimum Gasteiger partial charge on any atom is -0.369 e. The van der Waals surface area contributed by atoms with E-state index >= 15 is 0 Å². The zero-order valence-corrected chi connectivity index (χ0v) is 18.3. The van der Waals surface area contributed by atoms with Crippen molar-refractivity contribution in [2.45, 2.75) is 19.5 Å². The number of carbonyl (C=O) groups excluding carboxylic acids is 1. The molecule has 2 heterocycles. The Bertz CT molecular complexity index is 1290. The predicted octanol–water partition coefficient (Wildman–Crippen LogP) is 1.67. The SMILES string of the molecule is N#Cc1ccccc1N1CCCN(C(=O)Cn2c(=O)ccn(Cc3ccccc3)c2=O)CC1. The van der Waals surface area contributed by atoms with E-state index in [4.69, 9.17) is 0 Å². The molecule has 168 valence electrons. The van der Waals surface area contributed by atoms with Gasteiger partial charge in [-0.25, -0.2) is 4.79 Å². The number of hydrogen-bond acceptors (Lipinski definition) is 5. The lowest BCUT2D eigenvalue weighted by molar-refractivity contribution is -0.131. The van der Waals surface area contributed by atoms with Crippen LogP contribution in [-0.2, 0) is 17.9 Å². The summed E-state index contributed by atoms with van der Waals surface area (Å²) >= 11 is 0. The average Bonchev–Trinajstić information content (AvgIpc) is 3.10. The molecule has 4 rings (SSSR count). The molecule has 0 N–H and O–H groups in total. The molecule has 33 heavy (non-hydrogen) atoms. The third-order valence-electron chi connectivity index (χ3n) is 5.84. The van der Waals surface area contributed by atoms with Crippen molar-refractivity contribution >= 4 is 11.6 Å². The van der Waals surface area contributed by atoms with Gasteiger partial charge in [0.1, 0.15) is 12.6 Å². The monoisotopic (exact) mass is 443 g/mol. The van der Waals surface area contributed by atoms with E-state index in [1.54, 1.807) is 11.0 Å². The van der Waals surface area contributed by atoms with Crippen LogP contribution in [0.4, 0.5) is 5.69 Å². The minimum absolute atomic E-state index is 0.262. The third-order valence-corrected chi connectivity index (χ3v) is 5.84. The Kier molecular flexibility index (Phi) is 6.69. The van der Waals surface area contributed by atoms with Gasteiger partial charge in [-0.15, -0.1) is 0 Å². The van der Waals surface area contributed by atoms with Crippen LogP contribution in [0, 0.1) is 11.3 Å². The highest BCUT2D eigenvalue weighted by atomic mass is 16.2. The number of nitrogens with zero attached hydrogens (tertiary/aromatic N) is 5. The highest BCUT2D eigenvalue weighted by molar-refractivity contribution is 5.76. The zero-order chi connectivity index (χ0) is 23.2. The Morgan fingerprint density at radius 3 is 2.45 bits per heavy atom. The molecule has 0 bridgehead atoms. The molecule has 0 aliphatic carbocycles. The lowest BCUT2D eigenvalue weighted by Gasteiger charge is -2.24. The molecular formula is C25H25N5O3. The summed E-state index contributed by atoms with van der Waals surface area (Å²) in [7, 11) is 0. The number of anilines is 1. The summed E-state index contributed by atoms with van der Waals surface area (Å²) in [4.78, 5) is 42.1. The first-order valence-electron chi connectivity index (χ1n) is 10.9. The summed E-state index contributed by atoms with van der Waals surface area (Å²) < 4.78 is 2.44. The molecule has 1 saturated heterocycles. The Hall–Kier alpha value is -4.12. The molecule has 1 aliphatic rings. The van der Waals surface area contributed by atoms with Gasteiger partial charge in [0.15, 0.2) is 0 Å². The number of carbonyl (C=O) groups is 1. The molecule has 1 aromatic heterocycles. The van der Waals surface area contributed by atoms with Crippen LogP contribution in [0.5, 0.6) is 0 Å². The van der Waals surface area contributed by atoms with E-state index in [2.05, 4.69) is 11.0 Å². The number of aromatic nitrogens is 2. The van der Waals surface area contributed by atoms with E-state index in [1.165, 1.54) is 16.8 Å². The third kappa shape index (κ3) is 5.04. The second-order valence-corrected chi connectivity index (χ2v) is 7.99. The zero-order valence-electron chi connectivity index (χ0n) is 18.3. The van der Waals surface area contributed by atoms with Gasteiger partial charge in [0, 0.05) is 38.4 Å². The van der Waals surface area contributed by atoms with Crippen LogP contribution in [0.15, 0.2) is 76.4 Å². The average molecular weight is 444 g/mol. The van der Waals surface area contributed by atoms with Crippen LogP contribution < -0.4 is 16.1 Å². The second kappa shape index (κ2) is 10.0. The van der Waals surface area contributed by atoms with Crippen molar-refractivity contribution in [3.63, 3.8) is 0 Å². The molecule has 0 spiro atoms. The summed E-state index contributed by atoms with van der Waals surface area (Å²) in [5, 5.41) is 9.39. The topological polar surface area (TPSA) is 91.3 Å². The quantitative estimate of drug-likeness (QED) is 0.598. The maximum absolute atomic E-state index is 13.0. The summed E-state index contributed by atoms with van der Waals surface area (Å²) in [5.74, 6) is -0.262. The highest BCUT2D eigenvalue weighted by Crippen LogP contribution is 2.21. The molecule has 8 heteroatoms. The molecule has 0 unspecified atom stereocenters. The van der Waals surface area contributed by atoms with Gasteiger partial charge >= 0.3 is 5.69 Å². The van der Waals surface area contributed by atoms with E-state index in [1.807, 2.05) is 48.5 Å². The minimum atomic E-state index is -0.501. The Morgan fingerprint density at radius 2 is 1.67 bits per heavy atom. The maximum Gasteiger partial charge on any atom is 0.331 e.